The Morgan fingerprint density at radius 2 is 2.13 bits per heavy atom. The standard InChI is InChI=1S/C12H27N3/c1-10(7-13)11(2)15(4)9-12-5-6-14(3)8-12/h10-12H,5-9,13H2,1-4H3. The molecule has 1 fully saturated rings. The first kappa shape index (κ1) is 12.9. The van der Waals surface area contributed by atoms with Gasteiger partial charge in [0.05, 0.1) is 0 Å². The van der Waals surface area contributed by atoms with Gasteiger partial charge in [-0.25, -0.2) is 0 Å². The molecule has 90 valence electrons. The van der Waals surface area contributed by atoms with Gasteiger partial charge in [-0.2, -0.15) is 0 Å². The van der Waals surface area contributed by atoms with Gasteiger partial charge >= 0.3 is 0 Å². The van der Waals surface area contributed by atoms with Crippen LogP contribution in [-0.4, -0.2) is 56.1 Å². The highest BCUT2D eigenvalue weighted by atomic mass is 15.2. The van der Waals surface area contributed by atoms with Crippen LogP contribution in [-0.2, 0) is 0 Å². The van der Waals surface area contributed by atoms with E-state index in [0.717, 1.165) is 12.5 Å². The lowest BCUT2D eigenvalue weighted by molar-refractivity contribution is 0.175. The van der Waals surface area contributed by atoms with E-state index in [4.69, 9.17) is 5.73 Å². The van der Waals surface area contributed by atoms with Crippen LogP contribution >= 0.6 is 0 Å². The van der Waals surface area contributed by atoms with Crippen LogP contribution in [0.25, 0.3) is 0 Å². The van der Waals surface area contributed by atoms with Crippen molar-refractivity contribution in [3.8, 4) is 0 Å². The van der Waals surface area contributed by atoms with E-state index in [1.54, 1.807) is 0 Å². The number of rotatable bonds is 5. The second-order valence-electron chi connectivity index (χ2n) is 5.31. The molecule has 0 aromatic rings. The minimum absolute atomic E-state index is 0.592. The van der Waals surface area contributed by atoms with Crippen LogP contribution in [0.15, 0.2) is 0 Å². The molecule has 0 spiro atoms. The summed E-state index contributed by atoms with van der Waals surface area (Å²) < 4.78 is 0. The van der Waals surface area contributed by atoms with Crippen molar-refractivity contribution in [2.24, 2.45) is 17.6 Å². The monoisotopic (exact) mass is 213 g/mol. The summed E-state index contributed by atoms with van der Waals surface area (Å²) in [6.07, 6.45) is 1.35. The molecule has 0 aromatic carbocycles. The molecule has 0 aromatic heterocycles. The highest BCUT2D eigenvalue weighted by molar-refractivity contribution is 4.78. The predicted octanol–water partition coefficient (Wildman–Crippen LogP) is 0.853. The average molecular weight is 213 g/mol. The van der Waals surface area contributed by atoms with E-state index in [2.05, 4.69) is 37.7 Å². The summed E-state index contributed by atoms with van der Waals surface area (Å²) in [6, 6.07) is 0.598. The molecule has 0 bridgehead atoms. The van der Waals surface area contributed by atoms with Crippen LogP contribution in [0.5, 0.6) is 0 Å². The molecular formula is C12H27N3. The summed E-state index contributed by atoms with van der Waals surface area (Å²) in [4.78, 5) is 4.90. The fourth-order valence-electron chi connectivity index (χ4n) is 2.38. The third kappa shape index (κ3) is 3.74. The normalized spacial score (nSPS) is 27.2. The molecule has 0 radical (unpaired) electrons. The maximum absolute atomic E-state index is 5.71. The van der Waals surface area contributed by atoms with Crippen molar-refractivity contribution in [1.29, 1.82) is 0 Å². The van der Waals surface area contributed by atoms with E-state index in [9.17, 15) is 0 Å². The van der Waals surface area contributed by atoms with Gasteiger partial charge < -0.3 is 15.5 Å². The van der Waals surface area contributed by atoms with Gasteiger partial charge in [0, 0.05) is 19.1 Å². The zero-order valence-electron chi connectivity index (χ0n) is 10.7. The fraction of sp³-hybridized carbons (Fsp3) is 1.00. The molecule has 15 heavy (non-hydrogen) atoms. The molecule has 3 nitrogen and oxygen atoms in total. The van der Waals surface area contributed by atoms with Crippen LogP contribution in [0.1, 0.15) is 20.3 Å². The smallest absolute Gasteiger partial charge is 0.0102 e. The Balaban J connectivity index is 2.31. The Bertz CT molecular complexity index is 184. The maximum atomic E-state index is 5.71. The number of hydrogen-bond acceptors (Lipinski definition) is 3. The lowest BCUT2D eigenvalue weighted by atomic mass is 10.0. The van der Waals surface area contributed by atoms with E-state index >= 15 is 0 Å². The van der Waals surface area contributed by atoms with Crippen LogP contribution in [0, 0.1) is 11.8 Å². The molecule has 1 aliphatic heterocycles. The van der Waals surface area contributed by atoms with Gasteiger partial charge in [0.15, 0.2) is 0 Å². The summed E-state index contributed by atoms with van der Waals surface area (Å²) >= 11 is 0. The fourth-order valence-corrected chi connectivity index (χ4v) is 2.38. The molecular weight excluding hydrogens is 186 g/mol. The molecule has 2 N–H and O–H groups in total. The largest absolute Gasteiger partial charge is 0.330 e. The van der Waals surface area contributed by atoms with Gasteiger partial charge in [0.25, 0.3) is 0 Å². The Labute approximate surface area is 94.6 Å². The minimum atomic E-state index is 0.592. The molecule has 3 atom stereocenters. The van der Waals surface area contributed by atoms with E-state index in [-0.39, 0.29) is 0 Å². The lowest BCUT2D eigenvalue weighted by Crippen LogP contribution is -2.40. The topological polar surface area (TPSA) is 32.5 Å². The van der Waals surface area contributed by atoms with Crippen LogP contribution in [0.4, 0.5) is 0 Å². The number of nitrogens with two attached hydrogens (primary N) is 1. The van der Waals surface area contributed by atoms with Gasteiger partial charge in [-0.1, -0.05) is 6.92 Å². The molecule has 3 heteroatoms. The molecule has 3 unspecified atom stereocenters. The highest BCUT2D eigenvalue weighted by Gasteiger charge is 2.23. The Kier molecular flexibility index (Phi) is 5.03. The minimum Gasteiger partial charge on any atom is -0.330 e. The van der Waals surface area contributed by atoms with Crippen molar-refractivity contribution in [2.45, 2.75) is 26.3 Å². The van der Waals surface area contributed by atoms with Gasteiger partial charge in [-0.05, 0) is 52.4 Å². The first-order valence-corrected chi connectivity index (χ1v) is 6.13. The zero-order chi connectivity index (χ0) is 11.4. The third-order valence-corrected chi connectivity index (χ3v) is 3.93. The number of nitrogens with zero attached hydrogens (tertiary/aromatic N) is 2. The second-order valence-corrected chi connectivity index (χ2v) is 5.31. The summed E-state index contributed by atoms with van der Waals surface area (Å²) in [6.45, 7) is 9.05. The SMILES string of the molecule is CC(CN)C(C)N(C)CC1CCN(C)C1. The van der Waals surface area contributed by atoms with Crippen LogP contribution in [0.2, 0.25) is 0 Å². The van der Waals surface area contributed by atoms with Crippen molar-refractivity contribution >= 4 is 0 Å². The van der Waals surface area contributed by atoms with Gasteiger partial charge in [0.2, 0.25) is 0 Å². The van der Waals surface area contributed by atoms with Crippen molar-refractivity contribution in [3.63, 3.8) is 0 Å². The van der Waals surface area contributed by atoms with Crippen molar-refractivity contribution < 1.29 is 0 Å². The molecule has 1 heterocycles. The van der Waals surface area contributed by atoms with Crippen molar-refractivity contribution in [3.05, 3.63) is 0 Å². The predicted molar refractivity (Wildman–Crippen MR) is 65.9 cm³/mol. The molecule has 1 aliphatic rings. The first-order chi connectivity index (χ1) is 7.04. The van der Waals surface area contributed by atoms with E-state index < -0.39 is 0 Å². The summed E-state index contributed by atoms with van der Waals surface area (Å²) in [7, 11) is 4.45. The quantitative estimate of drug-likeness (QED) is 0.735. The second kappa shape index (κ2) is 5.83. The summed E-state index contributed by atoms with van der Waals surface area (Å²) in [5, 5.41) is 0. The maximum Gasteiger partial charge on any atom is 0.0102 e. The molecule has 0 aliphatic carbocycles. The molecule has 1 saturated heterocycles. The Hall–Kier alpha value is -0.120. The highest BCUT2D eigenvalue weighted by Crippen LogP contribution is 2.17. The molecule has 0 saturated carbocycles. The molecule has 1 rings (SSSR count). The Morgan fingerprint density at radius 3 is 2.60 bits per heavy atom. The van der Waals surface area contributed by atoms with Crippen LogP contribution < -0.4 is 5.73 Å². The van der Waals surface area contributed by atoms with E-state index in [0.29, 0.717) is 12.0 Å². The summed E-state index contributed by atoms with van der Waals surface area (Å²) in [5.41, 5.74) is 5.71. The third-order valence-electron chi connectivity index (χ3n) is 3.93. The number of likely N-dealkylation sites (tertiary alicyclic amines) is 1. The first-order valence-electron chi connectivity index (χ1n) is 6.13. The van der Waals surface area contributed by atoms with Crippen LogP contribution in [0.3, 0.4) is 0 Å². The number of hydrogen-bond donors (Lipinski definition) is 1. The van der Waals surface area contributed by atoms with E-state index in [1.807, 2.05) is 0 Å². The van der Waals surface area contributed by atoms with Gasteiger partial charge in [-0.15, -0.1) is 0 Å². The van der Waals surface area contributed by atoms with Crippen molar-refractivity contribution in [1.82, 2.24) is 9.80 Å². The lowest BCUT2D eigenvalue weighted by Gasteiger charge is -2.31. The summed E-state index contributed by atoms with van der Waals surface area (Å²) in [5.74, 6) is 1.45. The van der Waals surface area contributed by atoms with E-state index in [1.165, 1.54) is 26.1 Å². The average Bonchev–Trinajstić information content (AvgIpc) is 2.61. The molecule has 0 amide bonds. The van der Waals surface area contributed by atoms with Gasteiger partial charge in [0.1, 0.15) is 0 Å². The Morgan fingerprint density at radius 1 is 1.47 bits per heavy atom. The zero-order valence-corrected chi connectivity index (χ0v) is 10.7. The van der Waals surface area contributed by atoms with Crippen molar-refractivity contribution in [2.75, 3.05) is 40.3 Å². The van der Waals surface area contributed by atoms with Gasteiger partial charge in [-0.3, -0.25) is 0 Å².